The molecule has 0 aliphatic carbocycles. The molecule has 0 bridgehead atoms. The molecule has 2 aromatic carbocycles. The fraction of sp³-hybridized carbons (Fsp3) is 0.182. The van der Waals surface area contributed by atoms with Crippen molar-refractivity contribution in [2.45, 2.75) is 12.3 Å². The lowest BCUT2D eigenvalue weighted by molar-refractivity contribution is -0.115. The topological polar surface area (TPSA) is 60.5 Å². The van der Waals surface area contributed by atoms with Crippen molar-refractivity contribution in [1.82, 2.24) is 4.98 Å². The van der Waals surface area contributed by atoms with Crippen LogP contribution in [0.1, 0.15) is 6.92 Å². The highest BCUT2D eigenvalue weighted by Gasteiger charge is 2.14. The van der Waals surface area contributed by atoms with Gasteiger partial charge in [-0.1, -0.05) is 18.2 Å². The summed E-state index contributed by atoms with van der Waals surface area (Å²) in [5, 5.41) is 2.21. The van der Waals surface area contributed by atoms with E-state index in [1.807, 2.05) is 60.7 Å². The summed E-state index contributed by atoms with van der Waals surface area (Å²) in [6.45, 7) is 2.75. The van der Waals surface area contributed by atoms with Gasteiger partial charge in [0.25, 0.3) is 0 Å². The molecular weight excluding hydrogens is 376 g/mol. The van der Waals surface area contributed by atoms with E-state index >= 15 is 0 Å². The molecule has 0 saturated carbocycles. The third kappa shape index (κ3) is 3.94. The lowest BCUT2D eigenvalue weighted by atomic mass is 10.1. The first-order chi connectivity index (χ1) is 13.6. The Hall–Kier alpha value is -3.05. The van der Waals surface area contributed by atoms with Crippen LogP contribution in [0, 0.1) is 0 Å². The van der Waals surface area contributed by atoms with Gasteiger partial charge in [0.05, 0.1) is 11.4 Å². The first-order valence-corrected chi connectivity index (χ1v) is 9.46. The standard InChI is InChI=1S/C22H19ClN2O3/c1-14(23)22(26)24-17-5-2-4-15(12-17)18-6-3-7-19(25-18)16-8-9-20-21(13-16)28-11-10-27-20/h2-9,12-14H,10-11H2,1H3,(H,24,26)/t14-/m0/s1. The van der Waals surface area contributed by atoms with Crippen molar-refractivity contribution in [2.24, 2.45) is 0 Å². The van der Waals surface area contributed by atoms with E-state index in [4.69, 9.17) is 26.1 Å². The van der Waals surface area contributed by atoms with Crippen molar-refractivity contribution in [2.75, 3.05) is 18.5 Å². The van der Waals surface area contributed by atoms with Crippen LogP contribution in [0.4, 0.5) is 5.69 Å². The molecule has 0 fully saturated rings. The number of ether oxygens (including phenoxy) is 2. The summed E-state index contributed by atoms with van der Waals surface area (Å²) >= 11 is 5.83. The Morgan fingerprint density at radius 1 is 0.964 bits per heavy atom. The summed E-state index contributed by atoms with van der Waals surface area (Å²) in [5.74, 6) is 1.25. The zero-order chi connectivity index (χ0) is 19.5. The molecule has 1 aliphatic heterocycles. The SMILES string of the molecule is C[C@H](Cl)C(=O)Nc1cccc(-c2cccc(-c3ccc4c(c3)OCCO4)n2)c1. The van der Waals surface area contributed by atoms with Crippen LogP contribution in [0.5, 0.6) is 11.5 Å². The lowest BCUT2D eigenvalue weighted by Crippen LogP contribution is -2.20. The molecule has 3 aromatic rings. The number of alkyl halides is 1. The van der Waals surface area contributed by atoms with E-state index < -0.39 is 5.38 Å². The van der Waals surface area contributed by atoms with Crippen LogP contribution in [0.25, 0.3) is 22.5 Å². The third-order valence-electron chi connectivity index (χ3n) is 4.37. The van der Waals surface area contributed by atoms with Crippen molar-refractivity contribution in [3.63, 3.8) is 0 Å². The summed E-state index contributed by atoms with van der Waals surface area (Å²) in [7, 11) is 0. The maximum absolute atomic E-state index is 11.8. The second-order valence-electron chi connectivity index (χ2n) is 6.45. The molecule has 2 heterocycles. The van der Waals surface area contributed by atoms with Gasteiger partial charge in [-0.05, 0) is 49.4 Å². The molecule has 0 spiro atoms. The zero-order valence-corrected chi connectivity index (χ0v) is 16.1. The minimum atomic E-state index is -0.597. The van der Waals surface area contributed by atoms with Gasteiger partial charge in [0, 0.05) is 16.8 Å². The smallest absolute Gasteiger partial charge is 0.242 e. The van der Waals surface area contributed by atoms with E-state index in [-0.39, 0.29) is 5.91 Å². The molecule has 1 aromatic heterocycles. The predicted octanol–water partition coefficient (Wildman–Crippen LogP) is 4.75. The molecule has 6 heteroatoms. The van der Waals surface area contributed by atoms with Crippen molar-refractivity contribution in [3.8, 4) is 34.0 Å². The van der Waals surface area contributed by atoms with Crippen LogP contribution in [-0.2, 0) is 4.79 Å². The Bertz CT molecular complexity index is 1020. The number of hydrogen-bond donors (Lipinski definition) is 1. The zero-order valence-electron chi connectivity index (χ0n) is 15.3. The number of hydrogen-bond acceptors (Lipinski definition) is 4. The molecule has 1 N–H and O–H groups in total. The van der Waals surface area contributed by atoms with Crippen molar-refractivity contribution < 1.29 is 14.3 Å². The van der Waals surface area contributed by atoms with Crippen LogP contribution in [0.15, 0.2) is 60.7 Å². The molecular formula is C22H19ClN2O3. The first-order valence-electron chi connectivity index (χ1n) is 9.02. The number of amides is 1. The minimum absolute atomic E-state index is 0.239. The Morgan fingerprint density at radius 2 is 1.64 bits per heavy atom. The number of carbonyl (C=O) groups is 1. The van der Waals surface area contributed by atoms with Crippen LogP contribution in [0.2, 0.25) is 0 Å². The van der Waals surface area contributed by atoms with E-state index in [2.05, 4.69) is 5.32 Å². The number of rotatable bonds is 4. The number of benzene rings is 2. The number of pyridine rings is 1. The second kappa shape index (κ2) is 7.90. The first kappa shape index (κ1) is 18.3. The number of nitrogens with one attached hydrogen (secondary N) is 1. The number of fused-ring (bicyclic) bond motifs is 1. The monoisotopic (exact) mass is 394 g/mol. The van der Waals surface area contributed by atoms with Crippen molar-refractivity contribution in [1.29, 1.82) is 0 Å². The second-order valence-corrected chi connectivity index (χ2v) is 7.11. The highest BCUT2D eigenvalue weighted by atomic mass is 35.5. The van der Waals surface area contributed by atoms with Gasteiger partial charge in [-0.25, -0.2) is 4.98 Å². The number of carbonyl (C=O) groups excluding carboxylic acids is 1. The molecule has 4 rings (SSSR count). The van der Waals surface area contributed by atoms with Crippen LogP contribution in [0.3, 0.4) is 0 Å². The lowest BCUT2D eigenvalue weighted by Gasteiger charge is -2.18. The van der Waals surface area contributed by atoms with Gasteiger partial charge in [0.2, 0.25) is 5.91 Å². The van der Waals surface area contributed by atoms with E-state index in [9.17, 15) is 4.79 Å². The fourth-order valence-electron chi connectivity index (χ4n) is 2.96. The average molecular weight is 395 g/mol. The quantitative estimate of drug-likeness (QED) is 0.648. The number of anilines is 1. The molecule has 0 radical (unpaired) electrons. The average Bonchev–Trinajstić information content (AvgIpc) is 2.73. The van der Waals surface area contributed by atoms with E-state index in [0.717, 1.165) is 34.0 Å². The molecule has 1 atom stereocenters. The van der Waals surface area contributed by atoms with Crippen LogP contribution in [-0.4, -0.2) is 29.5 Å². The predicted molar refractivity (Wildman–Crippen MR) is 110 cm³/mol. The molecule has 5 nitrogen and oxygen atoms in total. The van der Waals surface area contributed by atoms with Crippen LogP contribution < -0.4 is 14.8 Å². The van der Waals surface area contributed by atoms with Crippen molar-refractivity contribution in [3.05, 3.63) is 60.7 Å². The maximum atomic E-state index is 11.8. The van der Waals surface area contributed by atoms with Gasteiger partial charge < -0.3 is 14.8 Å². The van der Waals surface area contributed by atoms with Crippen LogP contribution >= 0.6 is 11.6 Å². The molecule has 0 saturated heterocycles. The van der Waals surface area contributed by atoms with E-state index in [0.29, 0.717) is 18.9 Å². The van der Waals surface area contributed by atoms with E-state index in [1.54, 1.807) is 6.92 Å². The van der Waals surface area contributed by atoms with Gasteiger partial charge in [0.1, 0.15) is 18.6 Å². The summed E-state index contributed by atoms with van der Waals surface area (Å²) < 4.78 is 11.2. The minimum Gasteiger partial charge on any atom is -0.486 e. The molecule has 28 heavy (non-hydrogen) atoms. The summed E-state index contributed by atoms with van der Waals surface area (Å²) in [6, 6.07) is 19.2. The Kier molecular flexibility index (Phi) is 5.17. The normalized spacial score (nSPS) is 13.6. The largest absolute Gasteiger partial charge is 0.486 e. The van der Waals surface area contributed by atoms with E-state index in [1.165, 1.54) is 0 Å². The van der Waals surface area contributed by atoms with Crippen molar-refractivity contribution >= 4 is 23.2 Å². The Balaban J connectivity index is 1.63. The van der Waals surface area contributed by atoms with Gasteiger partial charge in [0.15, 0.2) is 11.5 Å². The van der Waals surface area contributed by atoms with Gasteiger partial charge in [-0.2, -0.15) is 0 Å². The maximum Gasteiger partial charge on any atom is 0.242 e. The molecule has 142 valence electrons. The highest BCUT2D eigenvalue weighted by molar-refractivity contribution is 6.32. The summed E-state index contributed by atoms with van der Waals surface area (Å²) in [5.41, 5.74) is 4.17. The number of halogens is 1. The number of aromatic nitrogens is 1. The summed E-state index contributed by atoms with van der Waals surface area (Å²) in [6.07, 6.45) is 0. The molecule has 0 unspecified atom stereocenters. The molecule has 1 amide bonds. The van der Waals surface area contributed by atoms with Gasteiger partial charge in [-0.3, -0.25) is 4.79 Å². The number of nitrogens with zero attached hydrogens (tertiary/aromatic N) is 1. The Labute approximate surface area is 168 Å². The molecule has 1 aliphatic rings. The third-order valence-corrected chi connectivity index (χ3v) is 4.57. The Morgan fingerprint density at radius 3 is 2.39 bits per heavy atom. The van der Waals surface area contributed by atoms with Gasteiger partial charge >= 0.3 is 0 Å². The summed E-state index contributed by atoms with van der Waals surface area (Å²) in [4.78, 5) is 16.6. The fourth-order valence-corrected chi connectivity index (χ4v) is 3.01. The highest BCUT2D eigenvalue weighted by Crippen LogP contribution is 2.34. The van der Waals surface area contributed by atoms with Gasteiger partial charge in [-0.15, -0.1) is 11.6 Å².